The first kappa shape index (κ1) is 21.2. The van der Waals surface area contributed by atoms with Crippen molar-refractivity contribution in [3.8, 4) is 0 Å². The highest BCUT2D eigenvalue weighted by Crippen LogP contribution is 2.36. The molecule has 0 aromatic heterocycles. The molecule has 1 aromatic carbocycles. The van der Waals surface area contributed by atoms with Gasteiger partial charge in [0.2, 0.25) is 5.91 Å². The summed E-state index contributed by atoms with van der Waals surface area (Å²) < 4.78 is 0. The number of rotatable bonds is 5. The molecular formula is C27H38N2O2. The molecule has 0 N–H and O–H groups in total. The first-order chi connectivity index (χ1) is 15.0. The third-order valence-corrected chi connectivity index (χ3v) is 8.87. The molecule has 31 heavy (non-hydrogen) atoms. The van der Waals surface area contributed by atoms with E-state index in [1.54, 1.807) is 0 Å². The quantitative estimate of drug-likeness (QED) is 0.715. The van der Waals surface area contributed by atoms with Crippen LogP contribution in [0.4, 0.5) is 0 Å². The maximum atomic E-state index is 13.3. The van der Waals surface area contributed by atoms with Crippen molar-refractivity contribution in [1.82, 2.24) is 9.80 Å². The van der Waals surface area contributed by atoms with Crippen LogP contribution in [0.15, 0.2) is 18.2 Å². The number of hydrogen-bond acceptors (Lipinski definition) is 3. The Morgan fingerprint density at radius 1 is 0.935 bits per heavy atom. The van der Waals surface area contributed by atoms with Gasteiger partial charge in [-0.15, -0.1) is 0 Å². The topological polar surface area (TPSA) is 40.6 Å². The molecule has 1 amide bonds. The van der Waals surface area contributed by atoms with Crippen LogP contribution in [-0.2, 0) is 28.9 Å². The molecule has 3 fully saturated rings. The highest BCUT2D eigenvalue weighted by atomic mass is 16.2. The molecule has 5 rings (SSSR count). The summed E-state index contributed by atoms with van der Waals surface area (Å²) in [5.41, 5.74) is 3.82. The molecule has 1 saturated heterocycles. The average Bonchev–Trinajstić information content (AvgIpc) is 2.88. The fourth-order valence-corrected chi connectivity index (χ4v) is 5.83. The highest BCUT2D eigenvalue weighted by molar-refractivity contribution is 5.87. The Kier molecular flexibility index (Phi) is 5.94. The van der Waals surface area contributed by atoms with Crippen LogP contribution in [0.1, 0.15) is 75.0 Å². The van der Waals surface area contributed by atoms with Gasteiger partial charge in [-0.25, -0.2) is 0 Å². The molecule has 0 unspecified atom stereocenters. The van der Waals surface area contributed by atoms with Crippen LogP contribution in [0.5, 0.6) is 0 Å². The van der Waals surface area contributed by atoms with E-state index in [2.05, 4.69) is 30.0 Å². The Morgan fingerprint density at radius 2 is 1.61 bits per heavy atom. The van der Waals surface area contributed by atoms with Crippen LogP contribution >= 0.6 is 0 Å². The minimum absolute atomic E-state index is 0.264. The van der Waals surface area contributed by atoms with Gasteiger partial charge in [0.05, 0.1) is 0 Å². The van der Waals surface area contributed by atoms with Gasteiger partial charge in [-0.2, -0.15) is 0 Å². The lowest BCUT2D eigenvalue weighted by molar-refractivity contribution is -0.143. The number of likely N-dealkylation sites (tertiary alicyclic amines) is 1. The summed E-state index contributed by atoms with van der Waals surface area (Å²) in [7, 11) is 0. The Bertz CT molecular complexity index is 832. The van der Waals surface area contributed by atoms with Crippen molar-refractivity contribution in [2.75, 3.05) is 26.2 Å². The maximum absolute atomic E-state index is 13.3. The zero-order chi connectivity index (χ0) is 21.4. The molecule has 2 aliphatic carbocycles. The smallest absolute Gasteiger partial charge is 0.225 e. The second-order valence-electron chi connectivity index (χ2n) is 10.8. The van der Waals surface area contributed by atoms with E-state index in [-0.39, 0.29) is 11.3 Å². The molecule has 1 aromatic rings. The number of ketones is 1. The Labute approximate surface area is 187 Å². The molecule has 2 aliphatic heterocycles. The fraction of sp³-hybridized carbons (Fsp3) is 0.704. The van der Waals surface area contributed by atoms with E-state index in [0.29, 0.717) is 18.1 Å². The number of piperidine rings is 1. The van der Waals surface area contributed by atoms with E-state index < -0.39 is 0 Å². The van der Waals surface area contributed by atoms with Crippen molar-refractivity contribution in [1.29, 1.82) is 0 Å². The minimum Gasteiger partial charge on any atom is -0.342 e. The number of Topliss-reactive ketones (excluding diaryl/α,β-unsaturated/α-hetero) is 1. The summed E-state index contributed by atoms with van der Waals surface area (Å²) in [6.07, 6.45) is 11.9. The summed E-state index contributed by atoms with van der Waals surface area (Å²) in [5, 5.41) is 0. The molecule has 2 heterocycles. The first-order valence-corrected chi connectivity index (χ1v) is 12.7. The van der Waals surface area contributed by atoms with Crippen molar-refractivity contribution in [3.05, 3.63) is 34.9 Å². The maximum Gasteiger partial charge on any atom is 0.225 e. The van der Waals surface area contributed by atoms with Gasteiger partial charge >= 0.3 is 0 Å². The lowest BCUT2D eigenvalue weighted by atomic mass is 9.74. The first-order valence-electron chi connectivity index (χ1n) is 12.7. The third-order valence-electron chi connectivity index (χ3n) is 8.87. The third kappa shape index (κ3) is 4.33. The fourth-order valence-electron chi connectivity index (χ4n) is 5.83. The zero-order valence-corrected chi connectivity index (χ0v) is 19.2. The molecule has 4 aliphatic rings. The van der Waals surface area contributed by atoms with Gasteiger partial charge in [-0.1, -0.05) is 38.0 Å². The largest absolute Gasteiger partial charge is 0.342 e. The van der Waals surface area contributed by atoms with Crippen LogP contribution < -0.4 is 0 Å². The molecule has 4 heteroatoms. The van der Waals surface area contributed by atoms with Crippen LogP contribution in [0, 0.1) is 11.3 Å². The number of nitrogens with zero attached hydrogens (tertiary/aromatic N) is 2. The van der Waals surface area contributed by atoms with Gasteiger partial charge in [0.15, 0.2) is 0 Å². The standard InChI is InChI=1S/C27H38N2O2/c1-27(12-16-29(17-13-27)26(31)22-4-2-5-22)25(30)19-20-8-9-21-10-14-28(24-6-3-7-24)15-11-23(21)18-20/h8-9,18,22,24H,2-7,10-17,19H2,1H3. The lowest BCUT2D eigenvalue weighted by Crippen LogP contribution is -2.48. The highest BCUT2D eigenvalue weighted by Gasteiger charge is 2.39. The normalized spacial score (nSPS) is 24.6. The molecule has 2 saturated carbocycles. The molecule has 4 nitrogen and oxygen atoms in total. The molecule has 0 bridgehead atoms. The van der Waals surface area contributed by atoms with Crippen molar-refractivity contribution < 1.29 is 9.59 Å². The van der Waals surface area contributed by atoms with E-state index >= 15 is 0 Å². The monoisotopic (exact) mass is 422 g/mol. The minimum atomic E-state index is -0.287. The van der Waals surface area contributed by atoms with E-state index in [4.69, 9.17) is 0 Å². The predicted molar refractivity (Wildman–Crippen MR) is 123 cm³/mol. The van der Waals surface area contributed by atoms with Crippen molar-refractivity contribution in [2.24, 2.45) is 11.3 Å². The van der Waals surface area contributed by atoms with Crippen LogP contribution in [-0.4, -0.2) is 53.7 Å². The van der Waals surface area contributed by atoms with E-state index in [9.17, 15) is 9.59 Å². The molecular weight excluding hydrogens is 384 g/mol. The zero-order valence-electron chi connectivity index (χ0n) is 19.2. The number of fused-ring (bicyclic) bond motifs is 1. The number of hydrogen-bond donors (Lipinski definition) is 0. The van der Waals surface area contributed by atoms with Gasteiger partial charge in [0.1, 0.15) is 5.78 Å². The van der Waals surface area contributed by atoms with Crippen LogP contribution in [0.3, 0.4) is 0 Å². The van der Waals surface area contributed by atoms with E-state index in [1.807, 2.05) is 4.90 Å². The molecule has 168 valence electrons. The van der Waals surface area contributed by atoms with Crippen molar-refractivity contribution in [3.63, 3.8) is 0 Å². The number of carbonyl (C=O) groups is 2. The van der Waals surface area contributed by atoms with Gasteiger partial charge in [0, 0.05) is 50.0 Å². The number of amides is 1. The summed E-state index contributed by atoms with van der Waals surface area (Å²) in [5.74, 6) is 0.954. The Morgan fingerprint density at radius 3 is 2.23 bits per heavy atom. The van der Waals surface area contributed by atoms with Crippen LogP contribution in [0.25, 0.3) is 0 Å². The predicted octanol–water partition coefficient (Wildman–Crippen LogP) is 4.18. The summed E-state index contributed by atoms with van der Waals surface area (Å²) in [6.45, 7) is 5.97. The Balaban J connectivity index is 1.18. The van der Waals surface area contributed by atoms with Crippen molar-refractivity contribution >= 4 is 11.7 Å². The second kappa shape index (κ2) is 8.69. The molecule has 0 spiro atoms. The van der Waals surface area contributed by atoms with Gasteiger partial charge in [-0.3, -0.25) is 14.5 Å². The lowest BCUT2D eigenvalue weighted by Gasteiger charge is -2.41. The van der Waals surface area contributed by atoms with E-state index in [0.717, 1.165) is 64.2 Å². The molecule has 0 atom stereocenters. The summed E-state index contributed by atoms with van der Waals surface area (Å²) in [6, 6.07) is 7.60. The number of carbonyl (C=O) groups excluding carboxylic acids is 2. The SMILES string of the molecule is CC1(C(=O)Cc2ccc3c(c2)CCN(C2CCC2)CC3)CCN(C(=O)C2CCC2)CC1. The van der Waals surface area contributed by atoms with Crippen LogP contribution in [0.2, 0.25) is 0 Å². The average molecular weight is 423 g/mol. The van der Waals surface area contributed by atoms with Gasteiger partial charge < -0.3 is 4.90 Å². The summed E-state index contributed by atoms with van der Waals surface area (Å²) in [4.78, 5) is 30.5. The number of benzene rings is 1. The van der Waals surface area contributed by atoms with E-state index in [1.165, 1.54) is 48.9 Å². The van der Waals surface area contributed by atoms with Crippen molar-refractivity contribution in [2.45, 2.75) is 83.6 Å². The Hall–Kier alpha value is -1.68. The molecule has 0 radical (unpaired) electrons. The summed E-state index contributed by atoms with van der Waals surface area (Å²) >= 11 is 0. The van der Waals surface area contributed by atoms with Gasteiger partial charge in [0.25, 0.3) is 0 Å². The second-order valence-corrected chi connectivity index (χ2v) is 10.8. The van der Waals surface area contributed by atoms with Gasteiger partial charge in [-0.05, 0) is 68.1 Å².